The number of aliphatic carboxylic acids is 1. The fraction of sp³-hybridized carbons (Fsp3) is 0.600. The van der Waals surface area contributed by atoms with Gasteiger partial charge < -0.3 is 21.1 Å². The topological polar surface area (TPSA) is 137 Å². The van der Waals surface area contributed by atoms with Gasteiger partial charge in [0.25, 0.3) is 0 Å². The predicted molar refractivity (Wildman–Crippen MR) is 61.2 cm³/mol. The summed E-state index contributed by atoms with van der Waals surface area (Å²) in [5.41, 5.74) is 4.88. The minimum Gasteiger partial charge on any atom is -0.480 e. The lowest BCUT2D eigenvalue weighted by Gasteiger charge is -2.25. The van der Waals surface area contributed by atoms with Crippen LogP contribution in [0.2, 0.25) is 0 Å². The second kappa shape index (κ2) is 7.11. The Labute approximate surface area is 104 Å². The van der Waals surface area contributed by atoms with Crippen molar-refractivity contribution in [2.24, 2.45) is 5.73 Å². The van der Waals surface area contributed by atoms with E-state index in [2.05, 4.69) is 5.32 Å². The average molecular weight is 256 g/mol. The summed E-state index contributed by atoms with van der Waals surface area (Å²) in [6, 6.07) is -0.507. The van der Waals surface area contributed by atoms with Crippen LogP contribution < -0.4 is 11.1 Å². The zero-order valence-electron chi connectivity index (χ0n) is 10.2. The normalized spacial score (nSPS) is 12.9. The van der Waals surface area contributed by atoms with Gasteiger partial charge in [-0.1, -0.05) is 0 Å². The molecule has 0 saturated carbocycles. The monoisotopic (exact) mass is 256 g/mol. The molecule has 0 radical (unpaired) electrons. The second-order valence-corrected chi connectivity index (χ2v) is 3.83. The van der Waals surface area contributed by atoms with Crippen LogP contribution in [-0.4, -0.2) is 47.0 Å². The van der Waals surface area contributed by atoms with Crippen molar-refractivity contribution < 1.29 is 19.5 Å². The molecule has 2 atom stereocenters. The Morgan fingerprint density at radius 3 is 2.44 bits per heavy atom. The maximum Gasteiger partial charge on any atom is 0.326 e. The van der Waals surface area contributed by atoms with Crippen molar-refractivity contribution in [1.82, 2.24) is 10.2 Å². The molecular weight excluding hydrogens is 240 g/mol. The zero-order valence-corrected chi connectivity index (χ0v) is 10.2. The highest BCUT2D eigenvalue weighted by Gasteiger charge is 2.25. The van der Waals surface area contributed by atoms with Crippen molar-refractivity contribution in [3.8, 4) is 6.07 Å². The number of urea groups is 1. The zero-order chi connectivity index (χ0) is 14.3. The number of hydrogen-bond acceptors (Lipinski definition) is 4. The van der Waals surface area contributed by atoms with Crippen molar-refractivity contribution in [3.05, 3.63) is 0 Å². The van der Waals surface area contributed by atoms with Gasteiger partial charge in [-0.25, -0.2) is 9.59 Å². The largest absolute Gasteiger partial charge is 0.480 e. The molecule has 4 N–H and O–H groups in total. The third-order valence-corrected chi connectivity index (χ3v) is 2.37. The number of rotatable bonds is 6. The van der Waals surface area contributed by atoms with Gasteiger partial charge >= 0.3 is 12.0 Å². The maximum atomic E-state index is 11.6. The van der Waals surface area contributed by atoms with Gasteiger partial charge in [-0.3, -0.25) is 4.79 Å². The lowest BCUT2D eigenvalue weighted by Crippen LogP contribution is -2.50. The number of primary amides is 1. The number of carboxylic acids is 1. The van der Waals surface area contributed by atoms with Gasteiger partial charge in [0.15, 0.2) is 0 Å². The molecule has 8 heteroatoms. The molecule has 2 unspecified atom stereocenters. The van der Waals surface area contributed by atoms with Crippen LogP contribution in [-0.2, 0) is 9.59 Å². The van der Waals surface area contributed by atoms with Crippen molar-refractivity contribution in [2.75, 3.05) is 7.05 Å². The van der Waals surface area contributed by atoms with Gasteiger partial charge in [-0.15, -0.1) is 0 Å². The highest BCUT2D eigenvalue weighted by atomic mass is 16.4. The van der Waals surface area contributed by atoms with E-state index in [1.54, 1.807) is 6.92 Å². The molecule has 3 amide bonds. The van der Waals surface area contributed by atoms with E-state index in [0.29, 0.717) is 0 Å². The number of amides is 3. The van der Waals surface area contributed by atoms with Crippen molar-refractivity contribution in [2.45, 2.75) is 31.8 Å². The number of carbonyl (C=O) groups excluding carboxylic acids is 2. The number of nitriles is 1. The van der Waals surface area contributed by atoms with Crippen LogP contribution >= 0.6 is 0 Å². The van der Waals surface area contributed by atoms with Crippen LogP contribution in [0.15, 0.2) is 0 Å². The van der Waals surface area contributed by atoms with Crippen LogP contribution in [0.3, 0.4) is 0 Å². The van der Waals surface area contributed by atoms with Gasteiger partial charge in [0.05, 0.1) is 18.9 Å². The summed E-state index contributed by atoms with van der Waals surface area (Å²) < 4.78 is 0. The lowest BCUT2D eigenvalue weighted by atomic mass is 10.2. The van der Waals surface area contributed by atoms with E-state index in [0.717, 1.165) is 0 Å². The first-order valence-electron chi connectivity index (χ1n) is 5.21. The molecule has 0 aliphatic carbocycles. The molecule has 0 aromatic heterocycles. The lowest BCUT2D eigenvalue weighted by molar-refractivity contribution is -0.141. The molecule has 0 aromatic rings. The summed E-state index contributed by atoms with van der Waals surface area (Å²) in [6.45, 7) is 1.65. The van der Waals surface area contributed by atoms with Crippen LogP contribution in [0.25, 0.3) is 0 Å². The third-order valence-electron chi connectivity index (χ3n) is 2.37. The van der Waals surface area contributed by atoms with E-state index >= 15 is 0 Å². The van der Waals surface area contributed by atoms with Crippen molar-refractivity contribution in [1.29, 1.82) is 5.26 Å². The van der Waals surface area contributed by atoms with Crippen LogP contribution in [0.5, 0.6) is 0 Å². The maximum absolute atomic E-state index is 11.6. The molecule has 0 aliphatic heterocycles. The fourth-order valence-electron chi connectivity index (χ4n) is 1.12. The van der Waals surface area contributed by atoms with E-state index in [9.17, 15) is 14.4 Å². The van der Waals surface area contributed by atoms with Crippen LogP contribution in [0.1, 0.15) is 19.8 Å². The van der Waals surface area contributed by atoms with E-state index < -0.39 is 30.4 Å². The Morgan fingerprint density at radius 1 is 1.50 bits per heavy atom. The molecule has 0 aliphatic rings. The van der Waals surface area contributed by atoms with E-state index in [1.807, 2.05) is 6.07 Å². The quantitative estimate of drug-likeness (QED) is 0.574. The van der Waals surface area contributed by atoms with E-state index in [4.69, 9.17) is 16.1 Å². The van der Waals surface area contributed by atoms with Gasteiger partial charge in [0.2, 0.25) is 5.91 Å². The molecule has 100 valence electrons. The highest BCUT2D eigenvalue weighted by molar-refractivity contribution is 5.87. The number of nitrogens with two attached hydrogens (primary N) is 1. The third kappa shape index (κ3) is 5.16. The first-order chi connectivity index (χ1) is 8.29. The number of nitrogens with one attached hydrogen (secondary N) is 1. The Bertz CT molecular complexity index is 377. The van der Waals surface area contributed by atoms with Gasteiger partial charge in [-0.2, -0.15) is 5.26 Å². The molecule has 0 aromatic carbocycles. The predicted octanol–water partition coefficient (Wildman–Crippen LogP) is -0.741. The van der Waals surface area contributed by atoms with Crippen molar-refractivity contribution in [3.63, 3.8) is 0 Å². The SMILES string of the molecule is CC(CC#N)N(C)C(=O)NC(CC(N)=O)C(=O)O. The Kier molecular flexibility index (Phi) is 6.20. The summed E-state index contributed by atoms with van der Waals surface area (Å²) in [4.78, 5) is 34.3. The second-order valence-electron chi connectivity index (χ2n) is 3.83. The average Bonchev–Trinajstić information content (AvgIpc) is 2.26. The molecule has 18 heavy (non-hydrogen) atoms. The number of nitrogens with zero attached hydrogens (tertiary/aromatic N) is 2. The molecule has 0 rings (SSSR count). The molecule has 8 nitrogen and oxygen atoms in total. The first-order valence-corrected chi connectivity index (χ1v) is 5.21. The highest BCUT2D eigenvalue weighted by Crippen LogP contribution is 2.02. The summed E-state index contributed by atoms with van der Waals surface area (Å²) in [6.07, 6.45) is -0.362. The Morgan fingerprint density at radius 2 is 2.06 bits per heavy atom. The van der Waals surface area contributed by atoms with Gasteiger partial charge in [0, 0.05) is 13.1 Å². The minimum atomic E-state index is -1.37. The standard InChI is InChI=1S/C10H16N4O4/c1-6(3-4-11)14(2)10(18)13-7(9(16)17)5-8(12)15/h6-7H,3,5H2,1-2H3,(H2,12,15)(H,13,18)(H,16,17). The van der Waals surface area contributed by atoms with Crippen LogP contribution in [0.4, 0.5) is 4.79 Å². The number of carbonyl (C=O) groups is 3. The smallest absolute Gasteiger partial charge is 0.326 e. The number of hydrogen-bond donors (Lipinski definition) is 3. The fourth-order valence-corrected chi connectivity index (χ4v) is 1.12. The van der Waals surface area contributed by atoms with Crippen molar-refractivity contribution >= 4 is 17.9 Å². The Hall–Kier alpha value is -2.30. The summed E-state index contributed by atoms with van der Waals surface area (Å²) >= 11 is 0. The molecule has 0 fully saturated rings. The molecular formula is C10H16N4O4. The minimum absolute atomic E-state index is 0.122. The summed E-state index contributed by atoms with van der Waals surface area (Å²) in [5, 5.41) is 19.5. The molecule has 0 bridgehead atoms. The number of carboxylic acid groups (broad SMARTS) is 1. The summed E-state index contributed by atoms with van der Waals surface area (Å²) in [7, 11) is 1.43. The first kappa shape index (κ1) is 15.7. The molecule has 0 saturated heterocycles. The van der Waals surface area contributed by atoms with E-state index in [1.165, 1.54) is 11.9 Å². The van der Waals surface area contributed by atoms with E-state index in [-0.39, 0.29) is 12.5 Å². The molecule has 0 heterocycles. The van der Waals surface area contributed by atoms with Crippen LogP contribution in [0, 0.1) is 11.3 Å². The Balaban J connectivity index is 4.55. The molecule has 0 spiro atoms. The van der Waals surface area contributed by atoms with Gasteiger partial charge in [-0.05, 0) is 6.92 Å². The van der Waals surface area contributed by atoms with Gasteiger partial charge in [0.1, 0.15) is 6.04 Å². The summed E-state index contributed by atoms with van der Waals surface area (Å²) in [5.74, 6) is -2.17.